The molecule has 5 N–H and O–H groups in total. The standard InChI is InChI=1S/C39H69N3O7/c1-3-5-7-9-11-13-15-17-19-24-28-40-38(46)42(29-25-20-18-16-14-12-10-8-6-4-2)37-34(36(45)35(44)33(30-43)49-37)41-39(47)48-31-32-26-22-21-23-27-32/h21-23,26-27,33-37,43-45H,3-20,24-25,28-31H2,1-2H3,(H,40,46)(H,41,47)/t33-,34-,35+,36-,37-/m1/s1. The van der Waals surface area contributed by atoms with Gasteiger partial charge in [-0.25, -0.2) is 9.59 Å². The molecule has 10 heteroatoms. The SMILES string of the molecule is CCCCCCCCCCCCNC(=O)N(CCCCCCCCCCCC)[C@@H]1O[C@H](CO)[C@H](O)[C@H](O)[C@H]1NC(=O)OCc1ccccc1. The quantitative estimate of drug-likeness (QED) is 0.0600. The van der Waals surface area contributed by atoms with Gasteiger partial charge in [0.1, 0.15) is 31.0 Å². The van der Waals surface area contributed by atoms with E-state index in [0.717, 1.165) is 50.5 Å². The lowest BCUT2D eigenvalue weighted by molar-refractivity contribution is -0.222. The zero-order valence-electron chi connectivity index (χ0n) is 30.7. The zero-order chi connectivity index (χ0) is 35.5. The van der Waals surface area contributed by atoms with Gasteiger partial charge in [0.05, 0.1) is 6.61 Å². The number of nitrogens with zero attached hydrogens (tertiary/aromatic N) is 1. The van der Waals surface area contributed by atoms with Gasteiger partial charge < -0.3 is 35.4 Å². The third-order valence-corrected chi connectivity index (χ3v) is 9.52. The molecule has 282 valence electrons. The summed E-state index contributed by atoms with van der Waals surface area (Å²) in [5.41, 5.74) is 0.795. The first-order chi connectivity index (χ1) is 23.9. The van der Waals surface area contributed by atoms with Gasteiger partial charge >= 0.3 is 12.1 Å². The van der Waals surface area contributed by atoms with Gasteiger partial charge in [-0.15, -0.1) is 0 Å². The van der Waals surface area contributed by atoms with Crippen molar-refractivity contribution in [3.63, 3.8) is 0 Å². The second-order valence-corrected chi connectivity index (χ2v) is 13.7. The van der Waals surface area contributed by atoms with Crippen LogP contribution in [0.25, 0.3) is 0 Å². The molecule has 10 nitrogen and oxygen atoms in total. The second kappa shape index (κ2) is 27.3. The Balaban J connectivity index is 1.99. The smallest absolute Gasteiger partial charge is 0.407 e. The van der Waals surface area contributed by atoms with Gasteiger partial charge in [-0.2, -0.15) is 0 Å². The summed E-state index contributed by atoms with van der Waals surface area (Å²) in [5.74, 6) is 0. The van der Waals surface area contributed by atoms with E-state index >= 15 is 0 Å². The Morgan fingerprint density at radius 3 is 1.78 bits per heavy atom. The van der Waals surface area contributed by atoms with Crippen LogP contribution >= 0.6 is 0 Å². The Bertz CT molecular complexity index is 969. The van der Waals surface area contributed by atoms with Crippen molar-refractivity contribution in [2.75, 3.05) is 19.7 Å². The fraction of sp³-hybridized carbons (Fsp3) is 0.795. The van der Waals surface area contributed by atoms with Crippen molar-refractivity contribution in [1.82, 2.24) is 15.5 Å². The largest absolute Gasteiger partial charge is 0.445 e. The molecule has 0 aliphatic carbocycles. The number of ether oxygens (including phenoxy) is 2. The van der Waals surface area contributed by atoms with E-state index in [1.54, 1.807) is 0 Å². The van der Waals surface area contributed by atoms with E-state index in [-0.39, 0.29) is 12.6 Å². The van der Waals surface area contributed by atoms with Crippen molar-refractivity contribution in [1.29, 1.82) is 0 Å². The molecule has 0 unspecified atom stereocenters. The summed E-state index contributed by atoms with van der Waals surface area (Å²) in [6, 6.07) is 7.68. The number of rotatable bonds is 27. The van der Waals surface area contributed by atoms with Crippen molar-refractivity contribution >= 4 is 12.1 Å². The molecule has 1 aliphatic rings. The fourth-order valence-corrected chi connectivity index (χ4v) is 6.44. The molecule has 0 radical (unpaired) electrons. The van der Waals surface area contributed by atoms with Gasteiger partial charge in [0, 0.05) is 13.1 Å². The number of aliphatic hydroxyl groups excluding tert-OH is 3. The monoisotopic (exact) mass is 692 g/mol. The number of carbonyl (C=O) groups is 2. The van der Waals surface area contributed by atoms with E-state index < -0.39 is 43.3 Å². The Kier molecular flexibility index (Phi) is 23.9. The summed E-state index contributed by atoms with van der Waals surface area (Å²) < 4.78 is 11.5. The molecular formula is C39H69N3O7. The van der Waals surface area contributed by atoms with E-state index in [0.29, 0.717) is 13.1 Å². The minimum Gasteiger partial charge on any atom is -0.445 e. The number of hydrogen-bond acceptors (Lipinski definition) is 7. The summed E-state index contributed by atoms with van der Waals surface area (Å²) in [6.07, 6.45) is 17.4. The Morgan fingerprint density at radius 1 is 0.735 bits per heavy atom. The second-order valence-electron chi connectivity index (χ2n) is 13.7. The van der Waals surface area contributed by atoms with Crippen LogP contribution in [0.2, 0.25) is 0 Å². The molecule has 5 atom stereocenters. The van der Waals surface area contributed by atoms with Crippen LogP contribution in [0.4, 0.5) is 9.59 Å². The van der Waals surface area contributed by atoms with Gasteiger partial charge in [0.2, 0.25) is 0 Å². The lowest BCUT2D eigenvalue weighted by Crippen LogP contribution is -2.69. The first kappa shape index (κ1) is 42.8. The fourth-order valence-electron chi connectivity index (χ4n) is 6.44. The van der Waals surface area contributed by atoms with Gasteiger partial charge in [0.25, 0.3) is 0 Å². The molecule has 0 spiro atoms. The predicted molar refractivity (Wildman–Crippen MR) is 195 cm³/mol. The van der Waals surface area contributed by atoms with Gasteiger partial charge in [0.15, 0.2) is 6.23 Å². The van der Waals surface area contributed by atoms with E-state index in [4.69, 9.17) is 9.47 Å². The van der Waals surface area contributed by atoms with Crippen molar-refractivity contribution in [3.05, 3.63) is 35.9 Å². The predicted octanol–water partition coefficient (Wildman–Crippen LogP) is 7.57. The normalized spacial score (nSPS) is 20.6. The maximum absolute atomic E-state index is 13.7. The van der Waals surface area contributed by atoms with Crippen LogP contribution in [-0.4, -0.2) is 82.6 Å². The summed E-state index contributed by atoms with van der Waals surface area (Å²) >= 11 is 0. The number of amides is 3. The van der Waals surface area contributed by atoms with E-state index in [9.17, 15) is 24.9 Å². The summed E-state index contributed by atoms with van der Waals surface area (Å²) in [5, 5.41) is 37.5. The number of nitrogens with one attached hydrogen (secondary N) is 2. The molecule has 49 heavy (non-hydrogen) atoms. The molecule has 3 amide bonds. The highest BCUT2D eigenvalue weighted by Gasteiger charge is 2.48. The number of unbranched alkanes of at least 4 members (excludes halogenated alkanes) is 18. The summed E-state index contributed by atoms with van der Waals surface area (Å²) in [6.45, 7) is 4.77. The Morgan fingerprint density at radius 2 is 1.24 bits per heavy atom. The topological polar surface area (TPSA) is 141 Å². The number of urea groups is 1. The van der Waals surface area contributed by atoms with Crippen molar-refractivity contribution in [2.45, 2.75) is 179 Å². The van der Waals surface area contributed by atoms with E-state index in [2.05, 4.69) is 24.5 Å². The molecule has 1 aromatic rings. The molecule has 0 saturated carbocycles. The maximum Gasteiger partial charge on any atom is 0.407 e. The molecule has 0 bridgehead atoms. The number of hydrogen-bond donors (Lipinski definition) is 5. The first-order valence-corrected chi connectivity index (χ1v) is 19.6. The van der Waals surface area contributed by atoms with Gasteiger partial charge in [-0.3, -0.25) is 4.90 Å². The average Bonchev–Trinajstić information content (AvgIpc) is 3.11. The van der Waals surface area contributed by atoms with Crippen molar-refractivity contribution < 1.29 is 34.4 Å². The number of carbonyl (C=O) groups excluding carboxylic acids is 2. The van der Waals surface area contributed by atoms with Crippen LogP contribution in [0.1, 0.15) is 148 Å². The van der Waals surface area contributed by atoms with Crippen molar-refractivity contribution in [2.24, 2.45) is 0 Å². The molecule has 0 aromatic heterocycles. The summed E-state index contributed by atoms with van der Waals surface area (Å²) in [4.78, 5) is 28.1. The molecule has 1 aliphatic heterocycles. The Hall–Kier alpha value is -2.40. The van der Waals surface area contributed by atoms with E-state index in [1.807, 2.05) is 30.3 Å². The minimum absolute atomic E-state index is 0.0183. The first-order valence-electron chi connectivity index (χ1n) is 19.6. The highest BCUT2D eigenvalue weighted by Crippen LogP contribution is 2.25. The van der Waals surface area contributed by atoms with E-state index in [1.165, 1.54) is 88.4 Å². The lowest BCUT2D eigenvalue weighted by Gasteiger charge is -2.46. The molecular weight excluding hydrogens is 622 g/mol. The molecule has 1 fully saturated rings. The molecule has 1 aromatic carbocycles. The minimum atomic E-state index is -1.50. The van der Waals surface area contributed by atoms with Crippen LogP contribution in [0, 0.1) is 0 Å². The van der Waals surface area contributed by atoms with Crippen LogP contribution in [0.15, 0.2) is 30.3 Å². The number of aliphatic hydroxyl groups is 3. The third kappa shape index (κ3) is 17.9. The van der Waals surface area contributed by atoms with Crippen LogP contribution in [0.3, 0.4) is 0 Å². The lowest BCUT2D eigenvalue weighted by atomic mass is 9.95. The molecule has 1 heterocycles. The third-order valence-electron chi connectivity index (χ3n) is 9.52. The Labute approximate surface area is 296 Å². The maximum atomic E-state index is 13.7. The summed E-state index contributed by atoms with van der Waals surface area (Å²) in [7, 11) is 0. The molecule has 1 saturated heterocycles. The van der Waals surface area contributed by atoms with Crippen LogP contribution in [0.5, 0.6) is 0 Å². The zero-order valence-corrected chi connectivity index (χ0v) is 30.7. The number of alkyl carbamates (subject to hydrolysis) is 1. The van der Waals surface area contributed by atoms with Crippen LogP contribution in [-0.2, 0) is 16.1 Å². The van der Waals surface area contributed by atoms with Crippen molar-refractivity contribution in [3.8, 4) is 0 Å². The highest BCUT2D eigenvalue weighted by molar-refractivity contribution is 5.75. The van der Waals surface area contributed by atoms with Crippen LogP contribution < -0.4 is 10.6 Å². The highest BCUT2D eigenvalue weighted by atomic mass is 16.6. The number of benzene rings is 1. The molecule has 2 rings (SSSR count). The average molecular weight is 692 g/mol. The van der Waals surface area contributed by atoms with Gasteiger partial charge in [-0.05, 0) is 18.4 Å². The van der Waals surface area contributed by atoms with Gasteiger partial charge in [-0.1, -0.05) is 160 Å².